The van der Waals surface area contributed by atoms with Crippen molar-refractivity contribution in [2.75, 3.05) is 6.61 Å². The lowest BCUT2D eigenvalue weighted by Gasteiger charge is -2.44. The van der Waals surface area contributed by atoms with Crippen LogP contribution >= 0.6 is 0 Å². The van der Waals surface area contributed by atoms with Crippen LogP contribution in [0.1, 0.15) is 105 Å². The normalized spacial score (nSPS) is 15.5. The Morgan fingerprint density at radius 3 is 1.47 bits per heavy atom. The van der Waals surface area contributed by atoms with E-state index in [0.29, 0.717) is 6.61 Å². The van der Waals surface area contributed by atoms with E-state index in [1.807, 2.05) is 0 Å². The Kier molecular flexibility index (Phi) is 14.2. The summed E-state index contributed by atoms with van der Waals surface area (Å²) in [5.74, 6) is 1.69. The van der Waals surface area contributed by atoms with Gasteiger partial charge in [-0.25, -0.2) is 0 Å². The first-order valence-corrected chi connectivity index (χ1v) is 25.0. The van der Waals surface area contributed by atoms with E-state index in [4.69, 9.17) is 18.3 Å². The molecule has 1 unspecified atom stereocenters. The summed E-state index contributed by atoms with van der Waals surface area (Å²) in [4.78, 5) is 0. The van der Waals surface area contributed by atoms with Gasteiger partial charge in [0, 0.05) is 17.7 Å². The summed E-state index contributed by atoms with van der Waals surface area (Å²) in [5.41, 5.74) is 2.02. The molecule has 1 heterocycles. The van der Waals surface area contributed by atoms with Crippen molar-refractivity contribution in [3.8, 4) is 11.5 Å². The minimum absolute atomic E-state index is 0.214. The zero-order valence-electron chi connectivity index (χ0n) is 35.4. The van der Waals surface area contributed by atoms with Gasteiger partial charge in [-0.15, -0.1) is 0 Å². The number of unbranched alkanes of at least 4 members (excludes halogenated alkanes) is 3. The van der Waals surface area contributed by atoms with Crippen LogP contribution < -0.4 is 29.6 Å². The second-order valence-corrected chi connectivity index (χ2v) is 25.9. The molecule has 0 radical (unpaired) electrons. The summed E-state index contributed by atoms with van der Waals surface area (Å²) in [7, 11) is -6.00. The highest BCUT2D eigenvalue weighted by molar-refractivity contribution is 7.00. The van der Waals surface area contributed by atoms with Crippen molar-refractivity contribution in [3.63, 3.8) is 0 Å². The van der Waals surface area contributed by atoms with Crippen LogP contribution in [-0.4, -0.2) is 29.5 Å². The zero-order valence-corrected chi connectivity index (χ0v) is 37.4. The first-order valence-electron chi connectivity index (χ1n) is 21.2. The zero-order chi connectivity index (χ0) is 40.4. The highest BCUT2D eigenvalue weighted by Gasteiger charge is 2.54. The highest BCUT2D eigenvalue weighted by atomic mass is 28.4. The Morgan fingerprint density at radius 1 is 0.596 bits per heavy atom. The van der Waals surface area contributed by atoms with Crippen molar-refractivity contribution < 1.29 is 18.3 Å². The third-order valence-corrected chi connectivity index (χ3v) is 21.3. The molecule has 1 aliphatic heterocycles. The third kappa shape index (κ3) is 9.41. The fourth-order valence-corrected chi connectivity index (χ4v) is 17.4. The second-order valence-electron chi connectivity index (χ2n) is 17.5. The van der Waals surface area contributed by atoms with E-state index in [9.17, 15) is 0 Å². The van der Waals surface area contributed by atoms with Crippen molar-refractivity contribution in [1.82, 2.24) is 0 Å². The molecule has 0 bridgehead atoms. The first kappa shape index (κ1) is 42.4. The molecule has 6 heteroatoms. The summed E-state index contributed by atoms with van der Waals surface area (Å²) in [6.45, 7) is 17.3. The number of benzene rings is 5. The largest absolute Gasteiger partial charge is 0.534 e. The lowest BCUT2D eigenvalue weighted by Crippen LogP contribution is -2.69. The predicted octanol–water partition coefficient (Wildman–Crippen LogP) is 11.2. The van der Waals surface area contributed by atoms with Gasteiger partial charge in [-0.3, -0.25) is 0 Å². The molecule has 0 aromatic heterocycles. The van der Waals surface area contributed by atoms with Crippen molar-refractivity contribution in [2.24, 2.45) is 0 Å². The summed E-state index contributed by atoms with van der Waals surface area (Å²) in [6.07, 6.45) is 11.9. The van der Waals surface area contributed by atoms with E-state index in [1.165, 1.54) is 33.6 Å². The molecule has 1 saturated heterocycles. The van der Waals surface area contributed by atoms with Crippen molar-refractivity contribution in [3.05, 3.63) is 151 Å². The van der Waals surface area contributed by atoms with Crippen molar-refractivity contribution in [2.45, 2.75) is 116 Å². The van der Waals surface area contributed by atoms with Gasteiger partial charge >= 0.3 is 16.6 Å². The lowest BCUT2D eigenvalue weighted by atomic mass is 10.0. The lowest BCUT2D eigenvalue weighted by molar-refractivity contribution is -0.169. The Balaban J connectivity index is 1.61. The van der Waals surface area contributed by atoms with Crippen LogP contribution in [0.15, 0.2) is 140 Å². The Hall–Kier alpha value is -4.21. The van der Waals surface area contributed by atoms with Crippen LogP contribution in [0.3, 0.4) is 0 Å². The van der Waals surface area contributed by atoms with E-state index in [1.54, 1.807) is 0 Å². The molecule has 5 aromatic carbocycles. The molecule has 57 heavy (non-hydrogen) atoms. The first-order chi connectivity index (χ1) is 27.5. The summed E-state index contributed by atoms with van der Waals surface area (Å²) < 4.78 is 28.7. The summed E-state index contributed by atoms with van der Waals surface area (Å²) >= 11 is 0. The van der Waals surface area contributed by atoms with Gasteiger partial charge in [0.05, 0.1) is 6.61 Å². The van der Waals surface area contributed by atoms with Gasteiger partial charge in [-0.2, -0.15) is 0 Å². The van der Waals surface area contributed by atoms with Crippen molar-refractivity contribution >= 4 is 43.5 Å². The second kappa shape index (κ2) is 19.0. The molecule has 0 saturated carbocycles. The molecule has 1 aliphatic rings. The average molecular weight is 797 g/mol. The van der Waals surface area contributed by atoms with E-state index < -0.39 is 16.6 Å². The van der Waals surface area contributed by atoms with Crippen LogP contribution in [0.5, 0.6) is 11.5 Å². The fraction of sp³-hybridized carbons (Fsp3) is 0.373. The molecule has 0 amide bonds. The number of ether oxygens (including phenoxy) is 2. The molecule has 300 valence electrons. The van der Waals surface area contributed by atoms with Crippen molar-refractivity contribution in [1.29, 1.82) is 0 Å². The maximum absolute atomic E-state index is 7.86. The SMILES string of the molecule is CCCCC/C=C/c1c(O[Si](c2ccccc2)(c2ccccc2)C(C)(C)C)ccc(O[Si](c2ccccc2)(c2ccccc2)C(C)(C)C)c1COC1CCCCO1. The monoisotopic (exact) mass is 796 g/mol. The molecule has 1 fully saturated rings. The maximum atomic E-state index is 7.86. The molecule has 5 aromatic rings. The predicted molar refractivity (Wildman–Crippen MR) is 244 cm³/mol. The van der Waals surface area contributed by atoms with Gasteiger partial charge in [0.2, 0.25) is 0 Å². The molecule has 6 rings (SSSR count). The van der Waals surface area contributed by atoms with Crippen LogP contribution in [0.4, 0.5) is 0 Å². The number of hydrogen-bond donors (Lipinski definition) is 0. The van der Waals surface area contributed by atoms with E-state index in [-0.39, 0.29) is 16.4 Å². The quantitative estimate of drug-likeness (QED) is 0.0736. The van der Waals surface area contributed by atoms with Crippen LogP contribution in [0.25, 0.3) is 6.08 Å². The summed E-state index contributed by atoms with van der Waals surface area (Å²) in [6, 6.07) is 48.0. The molecule has 0 N–H and O–H groups in total. The number of rotatable bonds is 16. The van der Waals surface area contributed by atoms with Crippen LogP contribution in [0, 0.1) is 0 Å². The summed E-state index contributed by atoms with van der Waals surface area (Å²) in [5, 5.41) is 4.51. The standard InChI is InChI=1S/C51H64O4Si2/c1-8-9-10-11-24-35-45-46(40-53-49-36-25-26-39-52-49)48(55-57(51(5,6)7,43-31-20-14-21-32-43)44-33-22-15-23-34-44)38-37-47(45)54-56(50(2,3)4,41-27-16-12-17-28-41)42-29-18-13-19-30-42/h12-24,27-35,37-38,49H,8-11,25-26,36,39-40H2,1-7H3/b35-24+. The Morgan fingerprint density at radius 2 is 1.05 bits per heavy atom. The Labute approximate surface area is 345 Å². The topological polar surface area (TPSA) is 36.9 Å². The molecule has 1 atom stereocenters. The Bertz CT molecular complexity index is 1920. The maximum Gasteiger partial charge on any atom is 0.319 e. The van der Waals surface area contributed by atoms with Gasteiger partial charge in [-0.05, 0) is 75.1 Å². The smallest absolute Gasteiger partial charge is 0.319 e. The minimum atomic E-state index is -3.00. The number of allylic oxidation sites excluding steroid dienone is 1. The van der Waals surface area contributed by atoms with Gasteiger partial charge in [0.15, 0.2) is 6.29 Å². The third-order valence-electron chi connectivity index (χ3n) is 11.4. The molecule has 4 nitrogen and oxygen atoms in total. The van der Waals surface area contributed by atoms with Gasteiger partial charge < -0.3 is 18.3 Å². The van der Waals surface area contributed by atoms with Gasteiger partial charge in [0.25, 0.3) is 0 Å². The average Bonchev–Trinajstić information content (AvgIpc) is 3.22. The fourth-order valence-electron chi connectivity index (χ4n) is 8.50. The molecular formula is C51H64O4Si2. The van der Waals surface area contributed by atoms with E-state index in [0.717, 1.165) is 61.3 Å². The molecular weight excluding hydrogens is 733 g/mol. The van der Waals surface area contributed by atoms with Crippen LogP contribution in [-0.2, 0) is 16.1 Å². The number of hydrogen-bond acceptors (Lipinski definition) is 4. The highest BCUT2D eigenvalue weighted by Crippen LogP contribution is 2.44. The molecule has 0 spiro atoms. The van der Waals surface area contributed by atoms with Gasteiger partial charge in [-0.1, -0.05) is 195 Å². The van der Waals surface area contributed by atoms with E-state index >= 15 is 0 Å². The van der Waals surface area contributed by atoms with E-state index in [2.05, 4.69) is 194 Å². The molecule has 0 aliphatic carbocycles. The minimum Gasteiger partial charge on any atom is -0.534 e. The van der Waals surface area contributed by atoms with Gasteiger partial charge in [0.1, 0.15) is 11.5 Å². The van der Waals surface area contributed by atoms with Crippen LogP contribution in [0.2, 0.25) is 10.1 Å².